The molecule has 130 valence electrons. The van der Waals surface area contributed by atoms with Crippen LogP contribution in [0, 0.1) is 0 Å². The second kappa shape index (κ2) is 8.87. The van der Waals surface area contributed by atoms with E-state index in [1.165, 1.54) is 11.1 Å². The minimum Gasteiger partial charge on any atom is -0.493 e. The summed E-state index contributed by atoms with van der Waals surface area (Å²) in [5.41, 5.74) is 2.47. The van der Waals surface area contributed by atoms with E-state index in [0.29, 0.717) is 6.04 Å². The molecule has 1 unspecified atom stereocenters. The van der Waals surface area contributed by atoms with Crippen LogP contribution in [-0.4, -0.2) is 43.7 Å². The van der Waals surface area contributed by atoms with Gasteiger partial charge < -0.3 is 14.8 Å². The number of aromatic nitrogens is 1. The van der Waals surface area contributed by atoms with E-state index >= 15 is 0 Å². The maximum absolute atomic E-state index is 5.41. The summed E-state index contributed by atoms with van der Waals surface area (Å²) in [5, 5.41) is 3.48. The van der Waals surface area contributed by atoms with Crippen LogP contribution >= 0.6 is 12.4 Å². The molecule has 2 aromatic rings. The fourth-order valence-electron chi connectivity index (χ4n) is 3.05. The SMILES string of the molecule is COc1ccc(CN2CCNCC2c2cccnc2)cc1OC.Cl. The number of ether oxygens (including phenoxy) is 2. The van der Waals surface area contributed by atoms with Gasteiger partial charge in [-0.3, -0.25) is 9.88 Å². The first-order chi connectivity index (χ1) is 11.3. The maximum Gasteiger partial charge on any atom is 0.161 e. The summed E-state index contributed by atoms with van der Waals surface area (Å²) in [6, 6.07) is 10.6. The lowest BCUT2D eigenvalue weighted by Gasteiger charge is -2.36. The van der Waals surface area contributed by atoms with Crippen LogP contribution in [0.4, 0.5) is 0 Å². The second-order valence-electron chi connectivity index (χ2n) is 5.67. The average molecular weight is 350 g/mol. The molecule has 5 nitrogen and oxygen atoms in total. The average Bonchev–Trinajstić information content (AvgIpc) is 2.63. The molecule has 0 aliphatic carbocycles. The van der Waals surface area contributed by atoms with Crippen LogP contribution < -0.4 is 14.8 Å². The molecular formula is C18H24ClN3O2. The summed E-state index contributed by atoms with van der Waals surface area (Å²) in [4.78, 5) is 6.74. The summed E-state index contributed by atoms with van der Waals surface area (Å²) in [6.07, 6.45) is 3.78. The Morgan fingerprint density at radius 2 is 2.04 bits per heavy atom. The van der Waals surface area contributed by atoms with Crippen LogP contribution in [0.2, 0.25) is 0 Å². The molecule has 3 rings (SSSR count). The maximum atomic E-state index is 5.41. The minimum absolute atomic E-state index is 0. The van der Waals surface area contributed by atoms with Gasteiger partial charge in [0.15, 0.2) is 11.5 Å². The first-order valence-electron chi connectivity index (χ1n) is 7.87. The zero-order valence-corrected chi connectivity index (χ0v) is 14.9. The van der Waals surface area contributed by atoms with Gasteiger partial charge in [0.05, 0.1) is 14.2 Å². The molecule has 0 amide bonds. The molecule has 1 aliphatic heterocycles. The number of benzene rings is 1. The van der Waals surface area contributed by atoms with Gasteiger partial charge in [0.2, 0.25) is 0 Å². The van der Waals surface area contributed by atoms with Gasteiger partial charge in [0.1, 0.15) is 0 Å². The van der Waals surface area contributed by atoms with Gasteiger partial charge in [-0.15, -0.1) is 12.4 Å². The summed E-state index contributed by atoms with van der Waals surface area (Å²) in [6.45, 7) is 3.83. The predicted molar refractivity (Wildman–Crippen MR) is 97.1 cm³/mol. The molecule has 1 aromatic carbocycles. The molecular weight excluding hydrogens is 326 g/mol. The predicted octanol–water partition coefficient (Wildman–Crippen LogP) is 2.67. The molecule has 1 fully saturated rings. The van der Waals surface area contributed by atoms with Crippen molar-refractivity contribution in [1.82, 2.24) is 15.2 Å². The Balaban J connectivity index is 0.00000208. The Morgan fingerprint density at radius 1 is 1.21 bits per heavy atom. The Bertz CT molecular complexity index is 639. The molecule has 1 N–H and O–H groups in total. The van der Waals surface area contributed by atoms with Crippen LogP contribution in [0.3, 0.4) is 0 Å². The van der Waals surface area contributed by atoms with Gasteiger partial charge in [-0.2, -0.15) is 0 Å². The van der Waals surface area contributed by atoms with Crippen LogP contribution in [0.1, 0.15) is 17.2 Å². The number of hydrogen-bond acceptors (Lipinski definition) is 5. The second-order valence-corrected chi connectivity index (χ2v) is 5.67. The van der Waals surface area contributed by atoms with E-state index in [1.54, 1.807) is 14.2 Å². The molecule has 1 atom stereocenters. The van der Waals surface area contributed by atoms with Crippen LogP contribution in [0.15, 0.2) is 42.7 Å². The molecule has 1 aliphatic rings. The third-order valence-electron chi connectivity index (χ3n) is 4.26. The van der Waals surface area contributed by atoms with Crippen LogP contribution in [0.25, 0.3) is 0 Å². The van der Waals surface area contributed by atoms with E-state index in [9.17, 15) is 0 Å². The van der Waals surface area contributed by atoms with Crippen molar-refractivity contribution in [3.05, 3.63) is 53.9 Å². The third-order valence-corrected chi connectivity index (χ3v) is 4.26. The fourth-order valence-corrected chi connectivity index (χ4v) is 3.05. The summed E-state index contributed by atoms with van der Waals surface area (Å²) >= 11 is 0. The highest BCUT2D eigenvalue weighted by Crippen LogP contribution is 2.30. The van der Waals surface area contributed by atoms with Gasteiger partial charge in [0, 0.05) is 44.6 Å². The zero-order chi connectivity index (χ0) is 16.1. The molecule has 0 spiro atoms. The minimum atomic E-state index is 0. The van der Waals surface area contributed by atoms with E-state index < -0.39 is 0 Å². The van der Waals surface area contributed by atoms with Gasteiger partial charge in [-0.1, -0.05) is 12.1 Å². The van der Waals surface area contributed by atoms with Gasteiger partial charge in [-0.05, 0) is 29.3 Å². The molecule has 0 radical (unpaired) electrons. The molecule has 6 heteroatoms. The topological polar surface area (TPSA) is 46.6 Å². The summed E-state index contributed by atoms with van der Waals surface area (Å²) in [5.74, 6) is 1.54. The van der Waals surface area contributed by atoms with E-state index in [1.807, 2.05) is 24.5 Å². The Hall–Kier alpha value is -1.82. The molecule has 1 aromatic heterocycles. The van der Waals surface area contributed by atoms with Crippen molar-refractivity contribution in [3.63, 3.8) is 0 Å². The quantitative estimate of drug-likeness (QED) is 0.899. The molecule has 2 heterocycles. The van der Waals surface area contributed by atoms with Gasteiger partial charge in [-0.25, -0.2) is 0 Å². The fraction of sp³-hybridized carbons (Fsp3) is 0.389. The normalized spacial score (nSPS) is 17.8. The standard InChI is InChI=1S/C18H23N3O2.ClH/c1-22-17-6-5-14(10-18(17)23-2)13-21-9-8-20-12-16(21)15-4-3-7-19-11-15;/h3-7,10-11,16,20H,8-9,12-13H2,1-2H3;1H. The monoisotopic (exact) mass is 349 g/mol. The number of piperazine rings is 1. The van der Waals surface area contributed by atoms with E-state index in [2.05, 4.69) is 33.4 Å². The summed E-state index contributed by atoms with van der Waals surface area (Å²) in [7, 11) is 3.33. The summed E-state index contributed by atoms with van der Waals surface area (Å²) < 4.78 is 10.7. The lowest BCUT2D eigenvalue weighted by Crippen LogP contribution is -2.45. The van der Waals surface area contributed by atoms with Crippen molar-refractivity contribution < 1.29 is 9.47 Å². The smallest absolute Gasteiger partial charge is 0.161 e. The first kappa shape index (κ1) is 18.5. The molecule has 0 saturated carbocycles. The Morgan fingerprint density at radius 3 is 2.75 bits per heavy atom. The largest absolute Gasteiger partial charge is 0.493 e. The highest BCUT2D eigenvalue weighted by molar-refractivity contribution is 5.85. The van der Waals surface area contributed by atoms with Crippen molar-refractivity contribution in [1.29, 1.82) is 0 Å². The van der Waals surface area contributed by atoms with E-state index in [0.717, 1.165) is 37.7 Å². The van der Waals surface area contributed by atoms with Gasteiger partial charge >= 0.3 is 0 Å². The highest BCUT2D eigenvalue weighted by Gasteiger charge is 2.24. The van der Waals surface area contributed by atoms with Crippen molar-refractivity contribution in [2.75, 3.05) is 33.9 Å². The number of pyridine rings is 1. The number of methoxy groups -OCH3 is 2. The number of hydrogen-bond donors (Lipinski definition) is 1. The zero-order valence-electron chi connectivity index (χ0n) is 14.1. The lowest BCUT2D eigenvalue weighted by atomic mass is 10.0. The Labute approximate surface area is 149 Å². The van der Waals surface area contributed by atoms with Crippen molar-refractivity contribution in [2.24, 2.45) is 0 Å². The van der Waals surface area contributed by atoms with Crippen molar-refractivity contribution in [3.8, 4) is 11.5 Å². The number of rotatable bonds is 5. The lowest BCUT2D eigenvalue weighted by molar-refractivity contribution is 0.153. The number of nitrogens with zero attached hydrogens (tertiary/aromatic N) is 2. The van der Waals surface area contributed by atoms with Crippen LogP contribution in [-0.2, 0) is 6.54 Å². The van der Waals surface area contributed by atoms with E-state index in [-0.39, 0.29) is 12.4 Å². The highest BCUT2D eigenvalue weighted by atomic mass is 35.5. The third kappa shape index (κ3) is 4.17. The molecule has 24 heavy (non-hydrogen) atoms. The number of nitrogens with one attached hydrogen (secondary N) is 1. The van der Waals surface area contributed by atoms with Gasteiger partial charge in [0.25, 0.3) is 0 Å². The first-order valence-corrected chi connectivity index (χ1v) is 7.87. The molecule has 0 bridgehead atoms. The Kier molecular flexibility index (Phi) is 6.85. The van der Waals surface area contributed by atoms with E-state index in [4.69, 9.17) is 9.47 Å². The van der Waals surface area contributed by atoms with Crippen molar-refractivity contribution >= 4 is 12.4 Å². The number of halogens is 1. The van der Waals surface area contributed by atoms with Crippen LogP contribution in [0.5, 0.6) is 11.5 Å². The van der Waals surface area contributed by atoms with Crippen molar-refractivity contribution in [2.45, 2.75) is 12.6 Å². The molecule has 1 saturated heterocycles.